The van der Waals surface area contributed by atoms with Gasteiger partial charge in [0.2, 0.25) is 0 Å². The first kappa shape index (κ1) is 10.5. The number of halogens is 1. The van der Waals surface area contributed by atoms with E-state index in [0.29, 0.717) is 0 Å². The summed E-state index contributed by atoms with van der Waals surface area (Å²) in [6.45, 7) is 2.83. The highest BCUT2D eigenvalue weighted by molar-refractivity contribution is 5.17. The summed E-state index contributed by atoms with van der Waals surface area (Å²) < 4.78 is 14.0. The molecule has 1 aliphatic heterocycles. The maximum Gasteiger partial charge on any atom is 0.103 e. The maximum absolute atomic E-state index is 14.0. The van der Waals surface area contributed by atoms with Gasteiger partial charge in [0.25, 0.3) is 0 Å². The van der Waals surface area contributed by atoms with E-state index in [9.17, 15) is 4.39 Å². The molecular weight excluding hydrogens is 191 g/mol. The van der Waals surface area contributed by atoms with Gasteiger partial charge in [-0.05, 0) is 37.7 Å². The Labute approximate surface area is 90.6 Å². The Balaban J connectivity index is 2.02. The molecule has 1 unspecified atom stereocenters. The van der Waals surface area contributed by atoms with E-state index >= 15 is 0 Å². The van der Waals surface area contributed by atoms with Gasteiger partial charge < -0.3 is 10.6 Å². The van der Waals surface area contributed by atoms with Crippen LogP contribution in [-0.4, -0.2) is 6.67 Å². The molecule has 1 atom stereocenters. The van der Waals surface area contributed by atoms with Crippen molar-refractivity contribution >= 4 is 0 Å². The molecule has 2 N–H and O–H groups in total. The first-order valence-corrected chi connectivity index (χ1v) is 5.85. The van der Waals surface area contributed by atoms with Crippen molar-refractivity contribution in [3.05, 3.63) is 23.3 Å². The van der Waals surface area contributed by atoms with Gasteiger partial charge in [-0.2, -0.15) is 0 Å². The predicted molar refractivity (Wildman–Crippen MR) is 59.6 cm³/mol. The molecule has 0 aromatic carbocycles. The summed E-state index contributed by atoms with van der Waals surface area (Å²) in [7, 11) is 0. The lowest BCUT2D eigenvalue weighted by Gasteiger charge is -2.23. The molecule has 0 saturated heterocycles. The van der Waals surface area contributed by atoms with Gasteiger partial charge in [-0.3, -0.25) is 0 Å². The van der Waals surface area contributed by atoms with Gasteiger partial charge in [-0.25, -0.2) is 4.39 Å². The summed E-state index contributed by atoms with van der Waals surface area (Å²) in [5.74, 6) is 0.283. The molecule has 2 aliphatic rings. The van der Waals surface area contributed by atoms with Crippen molar-refractivity contribution in [2.24, 2.45) is 5.92 Å². The summed E-state index contributed by atoms with van der Waals surface area (Å²) in [6, 6.07) is 0. The molecule has 3 heteroatoms. The average Bonchev–Trinajstić information content (AvgIpc) is 2.74. The Morgan fingerprint density at radius 3 is 3.07 bits per heavy atom. The molecule has 0 spiro atoms. The van der Waals surface area contributed by atoms with Crippen molar-refractivity contribution in [1.29, 1.82) is 0 Å². The van der Waals surface area contributed by atoms with Gasteiger partial charge in [0.15, 0.2) is 0 Å². The number of hydrogen-bond donors (Lipinski definition) is 2. The van der Waals surface area contributed by atoms with E-state index < -0.39 is 0 Å². The van der Waals surface area contributed by atoms with Crippen LogP contribution < -0.4 is 10.6 Å². The summed E-state index contributed by atoms with van der Waals surface area (Å²) in [5.41, 5.74) is 2.19. The summed E-state index contributed by atoms with van der Waals surface area (Å²) in [6.07, 6.45) is 6.75. The van der Waals surface area contributed by atoms with E-state index in [1.165, 1.54) is 0 Å². The monoisotopic (exact) mass is 210 g/mol. The Hall–Kier alpha value is -0.990. The van der Waals surface area contributed by atoms with Crippen LogP contribution in [0.3, 0.4) is 0 Å². The lowest BCUT2D eigenvalue weighted by atomic mass is 9.85. The number of allylic oxidation sites excluding steroid dienone is 3. The fraction of sp³-hybridized carbons (Fsp3) is 0.667. The first-order chi connectivity index (χ1) is 7.31. The largest absolute Gasteiger partial charge is 0.372 e. The fourth-order valence-corrected chi connectivity index (χ4v) is 2.42. The van der Waals surface area contributed by atoms with E-state index in [1.54, 1.807) is 0 Å². The minimum Gasteiger partial charge on any atom is -0.372 e. The van der Waals surface area contributed by atoms with Crippen LogP contribution >= 0.6 is 0 Å². The molecular formula is C12H19FN2. The number of nitrogens with one attached hydrogen (secondary N) is 2. The van der Waals surface area contributed by atoms with Crippen LogP contribution in [0.4, 0.5) is 4.39 Å². The molecule has 0 aromatic rings. The van der Waals surface area contributed by atoms with Crippen LogP contribution in [0.15, 0.2) is 23.3 Å². The summed E-state index contributed by atoms with van der Waals surface area (Å²) >= 11 is 0. The van der Waals surface area contributed by atoms with Gasteiger partial charge in [-0.1, -0.05) is 6.92 Å². The van der Waals surface area contributed by atoms with Crippen molar-refractivity contribution in [2.75, 3.05) is 6.67 Å². The highest BCUT2D eigenvalue weighted by Crippen LogP contribution is 2.35. The van der Waals surface area contributed by atoms with Gasteiger partial charge >= 0.3 is 0 Å². The molecule has 2 nitrogen and oxygen atoms in total. The molecule has 2 rings (SSSR count). The van der Waals surface area contributed by atoms with E-state index in [1.807, 2.05) is 13.1 Å². The Morgan fingerprint density at radius 1 is 1.53 bits per heavy atom. The number of hydrogen-bond acceptors (Lipinski definition) is 2. The van der Waals surface area contributed by atoms with Crippen LogP contribution in [0.25, 0.3) is 0 Å². The quantitative estimate of drug-likeness (QED) is 0.748. The predicted octanol–water partition coefficient (Wildman–Crippen LogP) is 2.80. The first-order valence-electron chi connectivity index (χ1n) is 5.85. The molecule has 84 valence electrons. The highest BCUT2D eigenvalue weighted by atomic mass is 19.1. The van der Waals surface area contributed by atoms with Crippen molar-refractivity contribution in [2.45, 2.75) is 39.0 Å². The van der Waals surface area contributed by atoms with Gasteiger partial charge in [0.1, 0.15) is 5.83 Å². The minimum absolute atomic E-state index is 0.118. The second-order valence-electron chi connectivity index (χ2n) is 4.33. The van der Waals surface area contributed by atoms with E-state index in [4.69, 9.17) is 0 Å². The van der Waals surface area contributed by atoms with Crippen molar-refractivity contribution in [1.82, 2.24) is 10.6 Å². The smallest absolute Gasteiger partial charge is 0.103 e. The zero-order valence-corrected chi connectivity index (χ0v) is 9.28. The third-order valence-corrected chi connectivity index (χ3v) is 3.31. The Morgan fingerprint density at radius 2 is 2.40 bits per heavy atom. The third-order valence-electron chi connectivity index (χ3n) is 3.31. The molecule has 0 aromatic heterocycles. The lowest BCUT2D eigenvalue weighted by molar-refractivity contribution is 0.383. The zero-order chi connectivity index (χ0) is 10.7. The molecule has 15 heavy (non-hydrogen) atoms. The normalized spacial score (nSPS) is 26.0. The van der Waals surface area contributed by atoms with E-state index in [0.717, 1.165) is 50.0 Å². The van der Waals surface area contributed by atoms with Crippen LogP contribution in [0.2, 0.25) is 0 Å². The van der Waals surface area contributed by atoms with Crippen LogP contribution in [-0.2, 0) is 0 Å². The average molecular weight is 210 g/mol. The van der Waals surface area contributed by atoms with Crippen molar-refractivity contribution < 1.29 is 4.39 Å². The molecule has 0 radical (unpaired) electrons. The van der Waals surface area contributed by atoms with Gasteiger partial charge in [0.05, 0.1) is 6.67 Å². The highest BCUT2D eigenvalue weighted by Gasteiger charge is 2.23. The second-order valence-corrected chi connectivity index (χ2v) is 4.33. The van der Waals surface area contributed by atoms with Crippen LogP contribution in [0, 0.1) is 5.92 Å². The fourth-order valence-electron chi connectivity index (χ4n) is 2.42. The van der Waals surface area contributed by atoms with E-state index in [-0.39, 0.29) is 11.7 Å². The lowest BCUT2D eigenvalue weighted by Crippen LogP contribution is -2.17. The van der Waals surface area contributed by atoms with Gasteiger partial charge in [-0.15, -0.1) is 0 Å². The molecule has 0 amide bonds. The third kappa shape index (κ3) is 2.33. The van der Waals surface area contributed by atoms with Gasteiger partial charge in [0, 0.05) is 17.8 Å². The molecule has 1 heterocycles. The van der Waals surface area contributed by atoms with Crippen LogP contribution in [0.1, 0.15) is 39.0 Å². The minimum atomic E-state index is 0.118. The van der Waals surface area contributed by atoms with Crippen molar-refractivity contribution in [3.63, 3.8) is 0 Å². The maximum atomic E-state index is 14.0. The SMILES string of the molecule is CCC1=C(F)C(CC2=CNCN2)CCC1. The summed E-state index contributed by atoms with van der Waals surface area (Å²) in [4.78, 5) is 0. The second kappa shape index (κ2) is 4.69. The zero-order valence-electron chi connectivity index (χ0n) is 9.28. The molecule has 0 saturated carbocycles. The number of rotatable bonds is 3. The topological polar surface area (TPSA) is 24.1 Å². The molecule has 1 aliphatic carbocycles. The Kier molecular flexibility index (Phi) is 3.29. The Bertz CT molecular complexity index is 294. The van der Waals surface area contributed by atoms with E-state index in [2.05, 4.69) is 10.6 Å². The standard InChI is InChI=1S/C12H19FN2/c1-2-9-4-3-5-10(12(9)13)6-11-7-14-8-15-11/h7,10,14-15H,2-6,8H2,1H3. The molecule has 0 bridgehead atoms. The summed E-state index contributed by atoms with van der Waals surface area (Å²) in [5, 5.41) is 6.31. The van der Waals surface area contributed by atoms with Crippen molar-refractivity contribution in [3.8, 4) is 0 Å². The van der Waals surface area contributed by atoms with Crippen LogP contribution in [0.5, 0.6) is 0 Å². The molecule has 0 fully saturated rings.